The summed E-state index contributed by atoms with van der Waals surface area (Å²) >= 11 is 0. The molecule has 3 aromatic heterocycles. The monoisotopic (exact) mass is 309 g/mol. The Balaban J connectivity index is 1.83. The fraction of sp³-hybridized carbons (Fsp3) is 0.235. The molecule has 3 aromatic rings. The first-order valence-electron chi connectivity index (χ1n) is 7.42. The predicted octanol–water partition coefficient (Wildman–Crippen LogP) is 2.15. The van der Waals surface area contributed by atoms with Crippen LogP contribution in [0.15, 0.2) is 42.9 Å². The van der Waals surface area contributed by atoms with Crippen molar-refractivity contribution in [2.75, 3.05) is 0 Å². The molecule has 0 fully saturated rings. The molecule has 0 aliphatic carbocycles. The minimum absolute atomic E-state index is 0.0885. The van der Waals surface area contributed by atoms with E-state index in [9.17, 15) is 4.79 Å². The molecule has 0 unspecified atom stereocenters. The van der Waals surface area contributed by atoms with Crippen LogP contribution in [0.1, 0.15) is 27.4 Å². The van der Waals surface area contributed by atoms with E-state index in [0.717, 1.165) is 22.8 Å². The highest BCUT2D eigenvalue weighted by molar-refractivity contribution is 5.95. The molecule has 0 aromatic carbocycles. The van der Waals surface area contributed by atoms with E-state index in [-0.39, 0.29) is 5.91 Å². The van der Waals surface area contributed by atoms with Gasteiger partial charge in [0.15, 0.2) is 0 Å². The molecule has 0 radical (unpaired) electrons. The van der Waals surface area contributed by atoms with E-state index in [1.54, 1.807) is 23.3 Å². The van der Waals surface area contributed by atoms with Crippen molar-refractivity contribution in [3.8, 4) is 5.69 Å². The zero-order chi connectivity index (χ0) is 16.4. The SMILES string of the molecule is Cc1cc(C(=O)NCc2ccnn2C)c(C)n1-c1cccnc1. The van der Waals surface area contributed by atoms with Gasteiger partial charge in [0.05, 0.1) is 29.7 Å². The molecular weight excluding hydrogens is 290 g/mol. The maximum atomic E-state index is 12.5. The van der Waals surface area contributed by atoms with Gasteiger partial charge in [-0.2, -0.15) is 5.10 Å². The lowest BCUT2D eigenvalue weighted by Gasteiger charge is -2.09. The average Bonchev–Trinajstić information content (AvgIpc) is 3.09. The lowest BCUT2D eigenvalue weighted by Crippen LogP contribution is -2.24. The van der Waals surface area contributed by atoms with E-state index in [2.05, 4.69) is 15.4 Å². The van der Waals surface area contributed by atoms with Crippen LogP contribution in [-0.2, 0) is 13.6 Å². The molecule has 0 bridgehead atoms. The second-order valence-corrected chi connectivity index (χ2v) is 5.46. The predicted molar refractivity (Wildman–Crippen MR) is 87.4 cm³/mol. The van der Waals surface area contributed by atoms with Crippen molar-refractivity contribution in [2.45, 2.75) is 20.4 Å². The second kappa shape index (κ2) is 6.08. The average molecular weight is 309 g/mol. The highest BCUT2D eigenvalue weighted by atomic mass is 16.1. The molecular formula is C17H19N5O. The summed E-state index contributed by atoms with van der Waals surface area (Å²) in [7, 11) is 1.86. The van der Waals surface area contributed by atoms with Crippen LogP contribution in [0.25, 0.3) is 5.69 Å². The summed E-state index contributed by atoms with van der Waals surface area (Å²) in [6, 6.07) is 7.65. The van der Waals surface area contributed by atoms with Gasteiger partial charge in [0.2, 0.25) is 0 Å². The summed E-state index contributed by atoms with van der Waals surface area (Å²) in [5, 5.41) is 7.04. The van der Waals surface area contributed by atoms with Gasteiger partial charge in [0.1, 0.15) is 0 Å². The number of aryl methyl sites for hydroxylation is 2. The Labute approximate surface area is 134 Å². The summed E-state index contributed by atoms with van der Waals surface area (Å²) in [5.74, 6) is -0.0885. The Hall–Kier alpha value is -2.89. The molecule has 3 heterocycles. The number of aromatic nitrogens is 4. The molecule has 6 heteroatoms. The summed E-state index contributed by atoms with van der Waals surface area (Å²) in [6.07, 6.45) is 5.24. The first-order chi connectivity index (χ1) is 11.1. The van der Waals surface area contributed by atoms with Gasteiger partial charge in [-0.1, -0.05) is 0 Å². The minimum Gasteiger partial charge on any atom is -0.346 e. The number of hydrogen-bond acceptors (Lipinski definition) is 3. The first-order valence-corrected chi connectivity index (χ1v) is 7.42. The zero-order valence-electron chi connectivity index (χ0n) is 13.4. The van der Waals surface area contributed by atoms with Gasteiger partial charge in [0, 0.05) is 30.8 Å². The van der Waals surface area contributed by atoms with Crippen LogP contribution in [0.5, 0.6) is 0 Å². The molecule has 1 N–H and O–H groups in total. The maximum Gasteiger partial charge on any atom is 0.253 e. The maximum absolute atomic E-state index is 12.5. The van der Waals surface area contributed by atoms with Gasteiger partial charge >= 0.3 is 0 Å². The summed E-state index contributed by atoms with van der Waals surface area (Å²) in [5.41, 5.74) is 4.49. The van der Waals surface area contributed by atoms with Crippen LogP contribution in [0.4, 0.5) is 0 Å². The van der Waals surface area contributed by atoms with Gasteiger partial charge in [0.25, 0.3) is 5.91 Å². The molecule has 118 valence electrons. The number of nitrogens with one attached hydrogen (secondary N) is 1. The van der Waals surface area contributed by atoms with Crippen molar-refractivity contribution < 1.29 is 4.79 Å². The summed E-state index contributed by atoms with van der Waals surface area (Å²) in [4.78, 5) is 16.6. The van der Waals surface area contributed by atoms with Crippen LogP contribution < -0.4 is 5.32 Å². The van der Waals surface area contributed by atoms with Crippen LogP contribution >= 0.6 is 0 Å². The highest BCUT2D eigenvalue weighted by Gasteiger charge is 2.16. The third-order valence-corrected chi connectivity index (χ3v) is 3.93. The smallest absolute Gasteiger partial charge is 0.253 e. The third kappa shape index (κ3) is 2.88. The van der Waals surface area contributed by atoms with Crippen LogP contribution in [0, 0.1) is 13.8 Å². The van der Waals surface area contributed by atoms with Gasteiger partial charge < -0.3 is 9.88 Å². The zero-order valence-corrected chi connectivity index (χ0v) is 13.4. The van der Waals surface area contributed by atoms with Gasteiger partial charge in [-0.15, -0.1) is 0 Å². The van der Waals surface area contributed by atoms with Crippen LogP contribution in [0.3, 0.4) is 0 Å². The van der Waals surface area contributed by atoms with Crippen molar-refractivity contribution in [1.82, 2.24) is 24.6 Å². The number of rotatable bonds is 4. The minimum atomic E-state index is -0.0885. The van der Waals surface area contributed by atoms with Crippen LogP contribution in [-0.4, -0.2) is 25.2 Å². The third-order valence-electron chi connectivity index (χ3n) is 3.93. The van der Waals surface area contributed by atoms with E-state index >= 15 is 0 Å². The van der Waals surface area contributed by atoms with E-state index in [1.807, 2.05) is 49.7 Å². The molecule has 0 saturated heterocycles. The standard InChI is InChI=1S/C17H19N5O/c1-12-9-16(13(2)22(12)15-5-4-7-18-10-15)17(23)19-11-14-6-8-20-21(14)3/h4-10H,11H2,1-3H3,(H,19,23). The fourth-order valence-corrected chi connectivity index (χ4v) is 2.72. The molecule has 0 aliphatic heterocycles. The lowest BCUT2D eigenvalue weighted by molar-refractivity contribution is 0.0949. The molecule has 0 aliphatic rings. The molecule has 1 amide bonds. The summed E-state index contributed by atoms with van der Waals surface area (Å²) in [6.45, 7) is 4.38. The van der Waals surface area contributed by atoms with E-state index in [4.69, 9.17) is 0 Å². The second-order valence-electron chi connectivity index (χ2n) is 5.46. The Kier molecular flexibility index (Phi) is 3.97. The Morgan fingerprint density at radius 3 is 2.74 bits per heavy atom. The Bertz CT molecular complexity index is 832. The number of carbonyl (C=O) groups is 1. The van der Waals surface area contributed by atoms with Crippen molar-refractivity contribution >= 4 is 5.91 Å². The van der Waals surface area contributed by atoms with E-state index in [1.165, 1.54) is 0 Å². The first kappa shape index (κ1) is 15.0. The summed E-state index contributed by atoms with van der Waals surface area (Å²) < 4.78 is 3.78. The number of nitrogens with zero attached hydrogens (tertiary/aromatic N) is 4. The van der Waals surface area contributed by atoms with E-state index in [0.29, 0.717) is 12.1 Å². The number of hydrogen-bond donors (Lipinski definition) is 1. The Morgan fingerprint density at radius 1 is 1.26 bits per heavy atom. The fourth-order valence-electron chi connectivity index (χ4n) is 2.72. The van der Waals surface area contributed by atoms with Gasteiger partial charge in [-0.05, 0) is 38.1 Å². The van der Waals surface area contributed by atoms with Crippen molar-refractivity contribution in [1.29, 1.82) is 0 Å². The molecule has 0 saturated carbocycles. The largest absolute Gasteiger partial charge is 0.346 e. The lowest BCUT2D eigenvalue weighted by atomic mass is 10.2. The molecule has 6 nitrogen and oxygen atoms in total. The Morgan fingerprint density at radius 2 is 2.09 bits per heavy atom. The van der Waals surface area contributed by atoms with Gasteiger partial charge in [-0.25, -0.2) is 0 Å². The number of carbonyl (C=O) groups excluding carboxylic acids is 1. The normalized spacial score (nSPS) is 10.7. The molecule has 3 rings (SSSR count). The molecule has 0 atom stereocenters. The highest BCUT2D eigenvalue weighted by Crippen LogP contribution is 2.20. The van der Waals surface area contributed by atoms with Crippen molar-refractivity contribution in [2.24, 2.45) is 7.05 Å². The van der Waals surface area contributed by atoms with Crippen molar-refractivity contribution in [3.05, 3.63) is 65.5 Å². The topological polar surface area (TPSA) is 64.7 Å². The van der Waals surface area contributed by atoms with Crippen molar-refractivity contribution in [3.63, 3.8) is 0 Å². The quantitative estimate of drug-likeness (QED) is 0.803. The molecule has 0 spiro atoms. The van der Waals surface area contributed by atoms with Crippen LogP contribution in [0.2, 0.25) is 0 Å². The number of pyridine rings is 1. The molecule has 23 heavy (non-hydrogen) atoms. The van der Waals surface area contributed by atoms with Gasteiger partial charge in [-0.3, -0.25) is 14.5 Å². The van der Waals surface area contributed by atoms with E-state index < -0.39 is 0 Å². The number of amides is 1.